The molecule has 3 N–H and O–H groups in total. The number of hydrogen-bond donors (Lipinski definition) is 3. The van der Waals surface area contributed by atoms with Gasteiger partial charge in [-0.05, 0) is 27.2 Å². The van der Waals surface area contributed by atoms with Crippen LogP contribution in [0.3, 0.4) is 0 Å². The summed E-state index contributed by atoms with van der Waals surface area (Å²) < 4.78 is 1.44. The summed E-state index contributed by atoms with van der Waals surface area (Å²) in [6.45, 7) is 8.12. The van der Waals surface area contributed by atoms with Crippen LogP contribution in [0.15, 0.2) is 10.9 Å². The molecule has 0 saturated carbocycles. The Kier molecular flexibility index (Phi) is 7.57. The van der Waals surface area contributed by atoms with Crippen molar-refractivity contribution in [2.24, 2.45) is 0 Å². The Morgan fingerprint density at radius 3 is 2.56 bits per heavy atom. The standard InChI is InChI=1S/C19H30N6O2/c1-5-6-7-8-9-10-11-20-19(27)22-16-12-13(2)24-25(16)18-21-15(4)14(3)17(26)23-18/h12H,5-11H2,1-4H3,(H2,20,22,27)(H,21,23,26). The quantitative estimate of drug-likeness (QED) is 0.585. The maximum Gasteiger partial charge on any atom is 0.320 e. The van der Waals surface area contributed by atoms with Crippen LogP contribution in [0.1, 0.15) is 62.4 Å². The second-order valence-corrected chi connectivity index (χ2v) is 6.83. The molecule has 0 spiro atoms. The first-order chi connectivity index (χ1) is 12.9. The Balaban J connectivity index is 1.96. The van der Waals surface area contributed by atoms with Crippen LogP contribution >= 0.6 is 0 Å². The molecule has 8 nitrogen and oxygen atoms in total. The van der Waals surface area contributed by atoms with Crippen molar-refractivity contribution in [2.75, 3.05) is 11.9 Å². The Hall–Kier alpha value is -2.64. The number of aryl methyl sites for hydroxylation is 2. The van der Waals surface area contributed by atoms with Crippen molar-refractivity contribution in [3.63, 3.8) is 0 Å². The zero-order valence-electron chi connectivity index (χ0n) is 16.7. The van der Waals surface area contributed by atoms with Crippen molar-refractivity contribution in [1.82, 2.24) is 25.1 Å². The van der Waals surface area contributed by atoms with E-state index in [2.05, 4.69) is 32.6 Å². The first-order valence-corrected chi connectivity index (χ1v) is 9.61. The van der Waals surface area contributed by atoms with Crippen molar-refractivity contribution < 1.29 is 4.79 Å². The van der Waals surface area contributed by atoms with E-state index >= 15 is 0 Å². The summed E-state index contributed by atoms with van der Waals surface area (Å²) in [5, 5.41) is 9.97. The molecule has 0 aliphatic rings. The van der Waals surface area contributed by atoms with E-state index in [0.717, 1.165) is 12.8 Å². The highest BCUT2D eigenvalue weighted by Gasteiger charge is 2.14. The number of urea groups is 1. The van der Waals surface area contributed by atoms with E-state index in [1.807, 2.05) is 6.92 Å². The van der Waals surface area contributed by atoms with Crippen LogP contribution in [0.4, 0.5) is 10.6 Å². The predicted octanol–water partition coefficient (Wildman–Crippen LogP) is 3.36. The average molecular weight is 374 g/mol. The van der Waals surface area contributed by atoms with Crippen LogP contribution in [0.5, 0.6) is 0 Å². The van der Waals surface area contributed by atoms with E-state index in [-0.39, 0.29) is 17.5 Å². The van der Waals surface area contributed by atoms with Gasteiger partial charge in [0, 0.05) is 23.9 Å². The molecular formula is C19H30N6O2. The summed E-state index contributed by atoms with van der Waals surface area (Å²) in [7, 11) is 0. The van der Waals surface area contributed by atoms with Gasteiger partial charge >= 0.3 is 6.03 Å². The van der Waals surface area contributed by atoms with Crippen molar-refractivity contribution in [3.8, 4) is 5.95 Å². The molecule has 2 aromatic rings. The number of amides is 2. The summed E-state index contributed by atoms with van der Waals surface area (Å²) in [6, 6.07) is 1.44. The minimum atomic E-state index is -0.295. The number of aromatic amines is 1. The zero-order chi connectivity index (χ0) is 19.8. The van der Waals surface area contributed by atoms with Crippen molar-refractivity contribution in [2.45, 2.75) is 66.2 Å². The van der Waals surface area contributed by atoms with Gasteiger partial charge in [0.25, 0.3) is 5.56 Å². The van der Waals surface area contributed by atoms with Gasteiger partial charge in [0.2, 0.25) is 5.95 Å². The van der Waals surface area contributed by atoms with Crippen LogP contribution in [0.2, 0.25) is 0 Å². The van der Waals surface area contributed by atoms with Crippen molar-refractivity contribution >= 4 is 11.8 Å². The molecule has 0 aromatic carbocycles. The highest BCUT2D eigenvalue weighted by molar-refractivity contribution is 5.88. The Labute approximate surface area is 159 Å². The summed E-state index contributed by atoms with van der Waals surface area (Å²) in [5.41, 5.74) is 1.68. The normalized spacial score (nSPS) is 10.8. The van der Waals surface area contributed by atoms with Gasteiger partial charge in [-0.15, -0.1) is 0 Å². The second-order valence-electron chi connectivity index (χ2n) is 6.83. The lowest BCUT2D eigenvalue weighted by Gasteiger charge is -2.10. The summed E-state index contributed by atoms with van der Waals surface area (Å²) in [5.74, 6) is 0.738. The molecule has 2 rings (SSSR count). The first-order valence-electron chi connectivity index (χ1n) is 9.61. The predicted molar refractivity (Wildman–Crippen MR) is 107 cm³/mol. The number of rotatable bonds is 9. The molecule has 27 heavy (non-hydrogen) atoms. The number of nitrogens with one attached hydrogen (secondary N) is 3. The van der Waals surface area contributed by atoms with Crippen LogP contribution in [-0.2, 0) is 0 Å². The van der Waals surface area contributed by atoms with Gasteiger partial charge in [-0.2, -0.15) is 9.78 Å². The molecule has 0 atom stereocenters. The number of carbonyl (C=O) groups is 1. The Bertz CT molecular complexity index is 824. The molecule has 0 fully saturated rings. The Morgan fingerprint density at radius 2 is 1.85 bits per heavy atom. The fourth-order valence-corrected chi connectivity index (χ4v) is 2.75. The average Bonchev–Trinajstić information content (AvgIpc) is 2.98. The minimum Gasteiger partial charge on any atom is -0.338 e. The third kappa shape index (κ3) is 5.94. The van der Waals surface area contributed by atoms with E-state index in [4.69, 9.17) is 0 Å². The van der Waals surface area contributed by atoms with Crippen LogP contribution < -0.4 is 16.2 Å². The van der Waals surface area contributed by atoms with E-state index in [1.165, 1.54) is 30.4 Å². The SMILES string of the molecule is CCCCCCCCNC(=O)Nc1cc(C)nn1-c1nc(C)c(C)c(=O)[nH]1. The summed E-state index contributed by atoms with van der Waals surface area (Å²) >= 11 is 0. The number of carbonyl (C=O) groups excluding carboxylic acids is 1. The van der Waals surface area contributed by atoms with Gasteiger partial charge in [0.05, 0.1) is 5.69 Å². The Morgan fingerprint density at radius 1 is 1.15 bits per heavy atom. The second kappa shape index (κ2) is 9.89. The lowest BCUT2D eigenvalue weighted by Crippen LogP contribution is -2.30. The van der Waals surface area contributed by atoms with Gasteiger partial charge in [0.1, 0.15) is 5.82 Å². The highest BCUT2D eigenvalue weighted by Crippen LogP contribution is 2.14. The molecule has 2 heterocycles. The van der Waals surface area contributed by atoms with Crippen LogP contribution in [0, 0.1) is 20.8 Å². The lowest BCUT2D eigenvalue weighted by atomic mass is 10.1. The molecular weight excluding hydrogens is 344 g/mol. The number of hydrogen-bond acceptors (Lipinski definition) is 4. The maximum absolute atomic E-state index is 12.2. The largest absolute Gasteiger partial charge is 0.338 e. The topological polar surface area (TPSA) is 105 Å². The number of aromatic nitrogens is 4. The van der Waals surface area contributed by atoms with Gasteiger partial charge in [-0.3, -0.25) is 15.1 Å². The van der Waals surface area contributed by atoms with Gasteiger partial charge in [-0.25, -0.2) is 9.78 Å². The lowest BCUT2D eigenvalue weighted by molar-refractivity contribution is 0.251. The molecule has 0 radical (unpaired) electrons. The molecule has 8 heteroatoms. The van der Waals surface area contributed by atoms with E-state index in [1.54, 1.807) is 19.9 Å². The number of unbranched alkanes of at least 4 members (excludes halogenated alkanes) is 5. The maximum atomic E-state index is 12.2. The molecule has 0 saturated heterocycles. The molecule has 2 aromatic heterocycles. The third-order valence-corrected chi connectivity index (χ3v) is 4.47. The fraction of sp³-hybridized carbons (Fsp3) is 0.579. The highest BCUT2D eigenvalue weighted by atomic mass is 16.2. The van der Waals surface area contributed by atoms with Crippen molar-refractivity contribution in [1.29, 1.82) is 0 Å². The van der Waals surface area contributed by atoms with Gasteiger partial charge in [0.15, 0.2) is 0 Å². The molecule has 148 valence electrons. The van der Waals surface area contributed by atoms with Gasteiger partial charge in [-0.1, -0.05) is 39.0 Å². The number of H-pyrrole nitrogens is 1. The summed E-state index contributed by atoms with van der Waals surface area (Å²) in [6.07, 6.45) is 7.03. The van der Waals surface area contributed by atoms with Crippen LogP contribution in [0.25, 0.3) is 5.95 Å². The molecule has 0 unspecified atom stereocenters. The minimum absolute atomic E-state index is 0.218. The molecule has 0 aliphatic heterocycles. The van der Waals surface area contributed by atoms with E-state index < -0.39 is 0 Å². The smallest absolute Gasteiger partial charge is 0.320 e. The zero-order valence-corrected chi connectivity index (χ0v) is 16.7. The van der Waals surface area contributed by atoms with Crippen LogP contribution in [-0.4, -0.2) is 32.3 Å². The monoisotopic (exact) mass is 374 g/mol. The third-order valence-electron chi connectivity index (χ3n) is 4.47. The summed E-state index contributed by atoms with van der Waals surface area (Å²) in [4.78, 5) is 31.2. The number of anilines is 1. The molecule has 2 amide bonds. The van der Waals surface area contributed by atoms with Gasteiger partial charge < -0.3 is 5.32 Å². The first kappa shape index (κ1) is 20.7. The van der Waals surface area contributed by atoms with E-state index in [0.29, 0.717) is 29.3 Å². The molecule has 0 aliphatic carbocycles. The molecule has 0 bridgehead atoms. The van der Waals surface area contributed by atoms with E-state index in [9.17, 15) is 9.59 Å². The fourth-order valence-electron chi connectivity index (χ4n) is 2.75. The van der Waals surface area contributed by atoms with Crippen molar-refractivity contribution in [3.05, 3.63) is 33.4 Å². The number of nitrogens with zero attached hydrogens (tertiary/aromatic N) is 3.